The molecule has 3 rings (SSSR count). The van der Waals surface area contributed by atoms with Gasteiger partial charge >= 0.3 is 5.97 Å². The van der Waals surface area contributed by atoms with E-state index in [0.717, 1.165) is 44.3 Å². The van der Waals surface area contributed by atoms with Crippen LogP contribution >= 0.6 is 0 Å². The summed E-state index contributed by atoms with van der Waals surface area (Å²) >= 11 is 0. The summed E-state index contributed by atoms with van der Waals surface area (Å²) in [5, 5.41) is 0. The highest BCUT2D eigenvalue weighted by molar-refractivity contribution is 5.82. The summed E-state index contributed by atoms with van der Waals surface area (Å²) in [6.07, 6.45) is 10.8. The van der Waals surface area contributed by atoms with Gasteiger partial charge in [0.05, 0.1) is 18.6 Å². The molecular formula is C34H48O3. The second-order valence-corrected chi connectivity index (χ2v) is 12.5. The van der Waals surface area contributed by atoms with E-state index in [1.54, 1.807) is 0 Å². The standard InChI is InChI=1S/C34H48O3/c1-26(25-33(2,3)4)34(5,6)32(35)37-22-14-8-13-21-36-31-20-19-30-23-28(27-15-9-7-10-16-27)17-11-12-18-29(30)24-31/h7,9-10,15-16,19-20,23-24,26H,8,11-14,17-18,21-22,25H2,1-6H3/b28-23+. The van der Waals surface area contributed by atoms with Crippen LogP contribution in [0.25, 0.3) is 11.6 Å². The average molecular weight is 505 g/mol. The van der Waals surface area contributed by atoms with Crippen LogP contribution in [0.2, 0.25) is 0 Å². The van der Waals surface area contributed by atoms with Crippen molar-refractivity contribution in [3.8, 4) is 5.75 Å². The van der Waals surface area contributed by atoms with Crippen molar-refractivity contribution in [2.75, 3.05) is 13.2 Å². The lowest BCUT2D eigenvalue weighted by molar-refractivity contribution is -0.157. The fourth-order valence-corrected chi connectivity index (χ4v) is 5.10. The van der Waals surface area contributed by atoms with Crippen molar-refractivity contribution in [2.45, 2.75) is 92.9 Å². The Kier molecular flexibility index (Phi) is 10.4. The largest absolute Gasteiger partial charge is 0.494 e. The van der Waals surface area contributed by atoms with Crippen LogP contribution in [0.15, 0.2) is 48.5 Å². The Balaban J connectivity index is 1.42. The lowest BCUT2D eigenvalue weighted by atomic mass is 9.72. The fourth-order valence-electron chi connectivity index (χ4n) is 5.10. The van der Waals surface area contributed by atoms with E-state index in [4.69, 9.17) is 9.47 Å². The normalized spacial score (nSPS) is 16.5. The lowest BCUT2D eigenvalue weighted by Gasteiger charge is -2.34. The molecule has 0 radical (unpaired) electrons. The van der Waals surface area contributed by atoms with Gasteiger partial charge in [-0.15, -0.1) is 0 Å². The summed E-state index contributed by atoms with van der Waals surface area (Å²) in [7, 11) is 0. The van der Waals surface area contributed by atoms with E-state index in [-0.39, 0.29) is 17.3 Å². The first-order valence-electron chi connectivity index (χ1n) is 14.3. The molecule has 0 aromatic heterocycles. The first-order valence-corrected chi connectivity index (χ1v) is 14.3. The van der Waals surface area contributed by atoms with Crippen LogP contribution < -0.4 is 4.74 Å². The number of esters is 1. The summed E-state index contributed by atoms with van der Waals surface area (Å²) in [5.41, 5.74) is 5.17. The molecule has 37 heavy (non-hydrogen) atoms. The van der Waals surface area contributed by atoms with Crippen LogP contribution in [0.3, 0.4) is 0 Å². The number of allylic oxidation sites excluding steroid dienone is 1. The number of ether oxygens (including phenoxy) is 2. The summed E-state index contributed by atoms with van der Waals surface area (Å²) in [6, 6.07) is 17.3. The molecule has 1 atom stereocenters. The Labute approximate surface area is 225 Å². The first-order chi connectivity index (χ1) is 17.6. The Morgan fingerprint density at radius 1 is 0.892 bits per heavy atom. The molecule has 3 heteroatoms. The lowest BCUT2D eigenvalue weighted by Crippen LogP contribution is -2.35. The molecule has 0 saturated heterocycles. The SMILES string of the molecule is CC(CC(C)(C)C)C(C)(C)C(=O)OCCCCCOc1ccc2c(c1)CCCC/C(c1ccccc1)=C\2. The molecule has 0 spiro atoms. The van der Waals surface area contributed by atoms with Crippen molar-refractivity contribution in [3.63, 3.8) is 0 Å². The third-order valence-electron chi connectivity index (χ3n) is 7.70. The molecule has 1 unspecified atom stereocenters. The number of unbranched alkanes of at least 4 members (excludes halogenated alkanes) is 2. The minimum Gasteiger partial charge on any atom is -0.494 e. The highest BCUT2D eigenvalue weighted by atomic mass is 16.5. The molecule has 0 fully saturated rings. The maximum atomic E-state index is 12.7. The topological polar surface area (TPSA) is 35.5 Å². The molecular weight excluding hydrogens is 456 g/mol. The number of carbonyl (C=O) groups is 1. The van der Waals surface area contributed by atoms with Crippen LogP contribution in [-0.4, -0.2) is 19.2 Å². The monoisotopic (exact) mass is 504 g/mol. The smallest absolute Gasteiger partial charge is 0.311 e. The minimum atomic E-state index is -0.461. The summed E-state index contributed by atoms with van der Waals surface area (Å²) < 4.78 is 11.7. The number of hydrogen-bond donors (Lipinski definition) is 0. The Hall–Kier alpha value is -2.55. The number of benzene rings is 2. The van der Waals surface area contributed by atoms with Gasteiger partial charge in [0, 0.05) is 0 Å². The van der Waals surface area contributed by atoms with Crippen molar-refractivity contribution in [2.24, 2.45) is 16.7 Å². The molecule has 1 aliphatic rings. The molecule has 202 valence electrons. The summed E-state index contributed by atoms with van der Waals surface area (Å²) in [5.74, 6) is 1.15. The average Bonchev–Trinajstić information content (AvgIpc) is 2.83. The van der Waals surface area contributed by atoms with Crippen LogP contribution in [0.1, 0.15) is 103 Å². The van der Waals surface area contributed by atoms with Crippen LogP contribution in [0.4, 0.5) is 0 Å². The van der Waals surface area contributed by atoms with Crippen LogP contribution in [0.5, 0.6) is 5.75 Å². The molecule has 2 aromatic carbocycles. The Bertz CT molecular complexity index is 1030. The van der Waals surface area contributed by atoms with Gasteiger partial charge in [-0.05, 0) is 111 Å². The number of fused-ring (bicyclic) bond motifs is 1. The molecule has 0 N–H and O–H groups in total. The maximum absolute atomic E-state index is 12.7. The molecule has 3 nitrogen and oxygen atoms in total. The molecule has 2 aromatic rings. The van der Waals surface area contributed by atoms with Crippen molar-refractivity contribution in [1.29, 1.82) is 0 Å². The zero-order valence-corrected chi connectivity index (χ0v) is 24.1. The molecule has 0 aliphatic heterocycles. The molecule has 0 amide bonds. The van der Waals surface area contributed by atoms with Crippen LogP contribution in [0, 0.1) is 16.7 Å². The quantitative estimate of drug-likeness (QED) is 0.226. The van der Waals surface area contributed by atoms with E-state index in [0.29, 0.717) is 13.2 Å². The molecule has 0 saturated carbocycles. The predicted molar refractivity (Wildman–Crippen MR) is 156 cm³/mol. The first kappa shape index (κ1) is 29.0. The van der Waals surface area contributed by atoms with E-state index in [9.17, 15) is 4.79 Å². The van der Waals surface area contributed by atoms with Gasteiger partial charge in [-0.1, -0.05) is 70.2 Å². The van der Waals surface area contributed by atoms with Gasteiger partial charge in [-0.25, -0.2) is 0 Å². The third-order valence-corrected chi connectivity index (χ3v) is 7.70. The second kappa shape index (κ2) is 13.3. The van der Waals surface area contributed by atoms with E-state index in [1.165, 1.54) is 35.1 Å². The van der Waals surface area contributed by atoms with E-state index >= 15 is 0 Å². The Morgan fingerprint density at radius 3 is 2.32 bits per heavy atom. The third kappa shape index (κ3) is 9.05. The highest BCUT2D eigenvalue weighted by Gasteiger charge is 2.37. The highest BCUT2D eigenvalue weighted by Crippen LogP contribution is 2.37. The minimum absolute atomic E-state index is 0.0780. The van der Waals surface area contributed by atoms with Gasteiger partial charge < -0.3 is 9.47 Å². The van der Waals surface area contributed by atoms with E-state index in [1.807, 2.05) is 13.8 Å². The number of aryl methyl sites for hydroxylation is 1. The van der Waals surface area contributed by atoms with Crippen LogP contribution in [-0.2, 0) is 16.0 Å². The van der Waals surface area contributed by atoms with E-state index < -0.39 is 5.41 Å². The number of rotatable bonds is 11. The van der Waals surface area contributed by atoms with Gasteiger partial charge in [0.1, 0.15) is 5.75 Å². The zero-order valence-electron chi connectivity index (χ0n) is 24.1. The molecule has 0 bridgehead atoms. The van der Waals surface area contributed by atoms with Gasteiger partial charge in [0.15, 0.2) is 0 Å². The Morgan fingerprint density at radius 2 is 1.59 bits per heavy atom. The molecule has 0 heterocycles. The van der Waals surface area contributed by atoms with Crippen molar-refractivity contribution >= 4 is 17.6 Å². The number of hydrogen-bond acceptors (Lipinski definition) is 3. The summed E-state index contributed by atoms with van der Waals surface area (Å²) in [6.45, 7) is 14.0. The van der Waals surface area contributed by atoms with E-state index in [2.05, 4.69) is 82.3 Å². The van der Waals surface area contributed by atoms with Gasteiger partial charge in [-0.2, -0.15) is 0 Å². The molecule has 1 aliphatic carbocycles. The number of carbonyl (C=O) groups excluding carboxylic acids is 1. The van der Waals surface area contributed by atoms with Gasteiger partial charge in [-0.3, -0.25) is 4.79 Å². The van der Waals surface area contributed by atoms with Crippen molar-refractivity contribution in [1.82, 2.24) is 0 Å². The second-order valence-electron chi connectivity index (χ2n) is 12.5. The van der Waals surface area contributed by atoms with Crippen molar-refractivity contribution < 1.29 is 14.3 Å². The maximum Gasteiger partial charge on any atom is 0.311 e. The summed E-state index contributed by atoms with van der Waals surface area (Å²) in [4.78, 5) is 12.7. The predicted octanol–water partition coefficient (Wildman–Crippen LogP) is 9.14. The zero-order chi connectivity index (χ0) is 26.9. The van der Waals surface area contributed by atoms with Gasteiger partial charge in [0.25, 0.3) is 0 Å². The fraction of sp³-hybridized carbons (Fsp3) is 0.559. The van der Waals surface area contributed by atoms with Gasteiger partial charge in [0.2, 0.25) is 0 Å². The van der Waals surface area contributed by atoms with Crippen molar-refractivity contribution in [3.05, 3.63) is 65.2 Å².